The van der Waals surface area contributed by atoms with Gasteiger partial charge < -0.3 is 21.3 Å². The van der Waals surface area contributed by atoms with Gasteiger partial charge in [0.25, 0.3) is 0 Å². The summed E-state index contributed by atoms with van der Waals surface area (Å²) in [5, 5.41) is 0. The molecular weight excluding hydrogens is 396 g/mol. The first kappa shape index (κ1) is 28.7. The second-order valence-electron chi connectivity index (χ2n) is 8.87. The Labute approximate surface area is 173 Å². The fraction of sp³-hybridized carbons (Fsp3) is 1.00. The average Bonchev–Trinajstić information content (AvgIpc) is 2.16. The van der Waals surface area contributed by atoms with Crippen LogP contribution in [0.3, 0.4) is 0 Å². The minimum Gasteiger partial charge on any atom is -0.839 e. The molecule has 0 atom stereocenters. The van der Waals surface area contributed by atoms with Crippen molar-refractivity contribution in [3.63, 3.8) is 0 Å². The van der Waals surface area contributed by atoms with E-state index in [1.807, 2.05) is 0 Å². The Morgan fingerprint density at radius 2 is 1.12 bits per heavy atom. The molecule has 0 amide bonds. The second kappa shape index (κ2) is 10.3. The van der Waals surface area contributed by atoms with Crippen LogP contribution in [0.4, 0.5) is 0 Å². The molecule has 25 heavy (non-hydrogen) atoms. The van der Waals surface area contributed by atoms with Crippen molar-refractivity contribution in [3.8, 4) is 0 Å². The van der Waals surface area contributed by atoms with E-state index in [4.69, 9.17) is 16.5 Å². The molecule has 1 fully saturated rings. The summed E-state index contributed by atoms with van der Waals surface area (Å²) in [6, 6.07) is 1.13. The molecule has 0 spiro atoms. The third-order valence-electron chi connectivity index (χ3n) is 3.13. The van der Waals surface area contributed by atoms with E-state index in [1.54, 1.807) is 13.1 Å². The van der Waals surface area contributed by atoms with Crippen molar-refractivity contribution in [1.29, 1.82) is 0 Å². The molecule has 11 heteroatoms. The predicted octanol–water partition coefficient (Wildman–Crippen LogP) is 1.23. The van der Waals surface area contributed by atoms with Crippen LogP contribution in [0.2, 0.25) is 71.5 Å². The van der Waals surface area contributed by atoms with Crippen molar-refractivity contribution in [2.75, 3.05) is 0 Å². The van der Waals surface area contributed by atoms with Crippen LogP contribution in [-0.2, 0) is 16.5 Å². The van der Waals surface area contributed by atoms with E-state index in [0.29, 0.717) is 0 Å². The molecule has 1 aliphatic rings. The monoisotopic (exact) mass is 434 g/mol. The Bertz CT molecular complexity index is 354. The molecule has 0 N–H and O–H groups in total. The molecule has 1 heterocycles. The van der Waals surface area contributed by atoms with Gasteiger partial charge in [-0.3, -0.25) is 0 Å². The van der Waals surface area contributed by atoms with Gasteiger partial charge in [0.1, 0.15) is 0 Å². The molecule has 1 rings (SSSR count). The average molecular weight is 435 g/mol. The molecule has 0 unspecified atom stereocenters. The Hall–Kier alpha value is 1.48. The maximum atomic E-state index is 11.4. The molecule has 0 aliphatic carbocycles. The van der Waals surface area contributed by atoms with Crippen LogP contribution in [-0.4, -0.2) is 42.6 Å². The van der Waals surface area contributed by atoms with Crippen LogP contribution in [0, 0.1) is 0 Å². The molecular formula is C14H39LiO5Si5. The van der Waals surface area contributed by atoms with Crippen LogP contribution >= 0.6 is 0 Å². The molecule has 0 aromatic rings. The van der Waals surface area contributed by atoms with Gasteiger partial charge in [-0.05, 0) is 58.4 Å². The predicted molar refractivity (Wildman–Crippen MR) is 111 cm³/mol. The maximum absolute atomic E-state index is 11.4. The summed E-state index contributed by atoms with van der Waals surface area (Å²) in [5.74, 6) is 0. The Kier molecular flexibility index (Phi) is 11.8. The zero-order chi connectivity index (χ0) is 19.4. The molecule has 146 valence electrons. The number of hydrogen-bond donors (Lipinski definition) is 0. The van der Waals surface area contributed by atoms with Crippen LogP contribution < -0.4 is 23.7 Å². The van der Waals surface area contributed by atoms with Gasteiger partial charge in [-0.15, -0.1) is 0 Å². The van der Waals surface area contributed by atoms with Crippen LogP contribution in [0.1, 0.15) is 19.8 Å². The van der Waals surface area contributed by atoms with Gasteiger partial charge in [-0.1, -0.05) is 32.9 Å². The minimum atomic E-state index is -2.53. The third-order valence-corrected chi connectivity index (χ3v) is 20.7. The summed E-state index contributed by atoms with van der Waals surface area (Å²) < 4.78 is 23.2. The van der Waals surface area contributed by atoms with Gasteiger partial charge in [0.05, 0.1) is 8.56 Å². The summed E-state index contributed by atoms with van der Waals surface area (Å²) >= 11 is 0. The molecule has 1 saturated heterocycles. The van der Waals surface area contributed by atoms with Crippen molar-refractivity contribution in [2.45, 2.75) is 91.3 Å². The topological polar surface area (TPSA) is 60.0 Å². The van der Waals surface area contributed by atoms with E-state index in [0.717, 1.165) is 6.04 Å². The van der Waals surface area contributed by atoms with Gasteiger partial charge in [-0.25, -0.2) is 0 Å². The van der Waals surface area contributed by atoms with E-state index >= 15 is 0 Å². The fourth-order valence-corrected chi connectivity index (χ4v) is 25.9. The van der Waals surface area contributed by atoms with Crippen LogP contribution in [0.25, 0.3) is 0 Å². The quantitative estimate of drug-likeness (QED) is 0.609. The maximum Gasteiger partial charge on any atom is 1.00 e. The zero-order valence-electron chi connectivity index (χ0n) is 18.7. The molecule has 0 saturated carbocycles. The molecule has 0 aromatic carbocycles. The van der Waals surface area contributed by atoms with Gasteiger partial charge in [0, 0.05) is 0 Å². The zero-order valence-corrected chi connectivity index (χ0v) is 23.7. The fourth-order valence-electron chi connectivity index (χ4n) is 3.16. The van der Waals surface area contributed by atoms with Crippen molar-refractivity contribution in [3.05, 3.63) is 0 Å². The standard InChI is InChI=1S/C8H21O2Si2.C6H18O3Si3.Li/c1-6-7-8-11(2,3)10-12(4,5)9;1-10(2)7-11(3,4)9-12(5,6)8-10;/h6-8H2,1-5H3;1-6H3;/q-1;;+1. The SMILES string of the molecule is CCCC[Si](C)(C)O[Si](C)(C)[O-].C[Si]1(C)O[Si](C)(C)O[Si](C)(C)O1.[Li+]. The van der Waals surface area contributed by atoms with Crippen molar-refractivity contribution >= 4 is 42.6 Å². The minimum absolute atomic E-state index is 0. The number of rotatable bonds is 5. The number of unbranched alkanes of at least 4 members (excludes halogenated alkanes) is 1. The first-order valence-electron chi connectivity index (χ1n) is 8.90. The second-order valence-corrected chi connectivity index (χ2v) is 27.4. The van der Waals surface area contributed by atoms with Crippen LogP contribution in [0.15, 0.2) is 0 Å². The van der Waals surface area contributed by atoms with Crippen LogP contribution in [0.5, 0.6) is 0 Å². The van der Waals surface area contributed by atoms with Crippen molar-refractivity contribution in [1.82, 2.24) is 0 Å². The summed E-state index contributed by atoms with van der Waals surface area (Å²) in [7, 11) is -9.73. The molecule has 0 radical (unpaired) electrons. The van der Waals surface area contributed by atoms with E-state index in [-0.39, 0.29) is 18.9 Å². The van der Waals surface area contributed by atoms with Gasteiger partial charge >= 0.3 is 44.5 Å². The van der Waals surface area contributed by atoms with E-state index in [9.17, 15) is 4.80 Å². The smallest absolute Gasteiger partial charge is 0.839 e. The first-order valence-corrected chi connectivity index (χ1v) is 23.3. The molecule has 0 aromatic heterocycles. The van der Waals surface area contributed by atoms with Gasteiger partial charge in [-0.2, -0.15) is 0 Å². The van der Waals surface area contributed by atoms with E-state index in [2.05, 4.69) is 59.3 Å². The normalized spacial score (nSPS) is 21.6. The van der Waals surface area contributed by atoms with Crippen molar-refractivity contribution < 1.29 is 40.1 Å². The molecule has 1 aliphatic heterocycles. The summed E-state index contributed by atoms with van der Waals surface area (Å²) in [4.78, 5) is 11.4. The Morgan fingerprint density at radius 1 is 0.800 bits per heavy atom. The number of hydrogen-bond acceptors (Lipinski definition) is 5. The van der Waals surface area contributed by atoms with Crippen molar-refractivity contribution in [2.24, 2.45) is 0 Å². The van der Waals surface area contributed by atoms with E-state index < -0.39 is 42.6 Å². The van der Waals surface area contributed by atoms with Gasteiger partial charge in [0.15, 0.2) is 8.32 Å². The van der Waals surface area contributed by atoms with Gasteiger partial charge in [0.2, 0.25) is 0 Å². The summed E-state index contributed by atoms with van der Waals surface area (Å²) in [6.07, 6.45) is 2.39. The largest absolute Gasteiger partial charge is 1.00 e. The van der Waals surface area contributed by atoms with E-state index in [1.165, 1.54) is 12.8 Å². The third kappa shape index (κ3) is 15.1. The Balaban J connectivity index is 0. The Morgan fingerprint density at radius 3 is 1.36 bits per heavy atom. The summed E-state index contributed by atoms with van der Waals surface area (Å²) in [5.41, 5.74) is 0. The molecule has 5 nitrogen and oxygen atoms in total. The summed E-state index contributed by atoms with van der Waals surface area (Å²) in [6.45, 7) is 22.5. The first-order chi connectivity index (χ1) is 10.4. The molecule has 0 bridgehead atoms.